The summed E-state index contributed by atoms with van der Waals surface area (Å²) in [5.74, 6) is -0.454. The van der Waals surface area contributed by atoms with Crippen LogP contribution >= 0.6 is 31.9 Å². The zero-order valence-corrected chi connectivity index (χ0v) is 12.6. The molecule has 0 unspecified atom stereocenters. The molecular weight excluding hydrogens is 381 g/mol. The summed E-state index contributed by atoms with van der Waals surface area (Å²) in [6.45, 7) is 3.10. The van der Waals surface area contributed by atoms with E-state index in [0.29, 0.717) is 6.42 Å². The minimum atomic E-state index is -4.54. The highest BCUT2D eigenvalue weighted by Gasteiger charge is 2.67. The van der Waals surface area contributed by atoms with Gasteiger partial charge in [-0.05, 0) is 26.3 Å². The largest absolute Gasteiger partial charge is 0.435 e. The first kappa shape index (κ1) is 14.0. The van der Waals surface area contributed by atoms with Crippen LogP contribution < -0.4 is 0 Å². The van der Waals surface area contributed by atoms with Crippen molar-refractivity contribution in [3.63, 3.8) is 0 Å². The predicted molar refractivity (Wildman–Crippen MR) is 65.9 cm³/mol. The normalized spacial score (nSPS) is 26.2. The fourth-order valence-corrected chi connectivity index (χ4v) is 3.14. The van der Waals surface area contributed by atoms with Crippen molar-refractivity contribution in [3.05, 3.63) is 17.5 Å². The summed E-state index contributed by atoms with van der Waals surface area (Å²) in [4.78, 5) is 12.2. The fourth-order valence-electron chi connectivity index (χ4n) is 1.68. The van der Waals surface area contributed by atoms with Crippen molar-refractivity contribution in [2.24, 2.45) is 5.41 Å². The molecular formula is C10H9Br2F3N2O. The number of halogens is 5. The average Bonchev–Trinajstić information content (AvgIpc) is 2.57. The number of carbonyl (C=O) groups excluding carboxylic acids is 1. The van der Waals surface area contributed by atoms with E-state index in [1.165, 1.54) is 6.92 Å². The van der Waals surface area contributed by atoms with E-state index in [-0.39, 0.29) is 5.69 Å². The maximum absolute atomic E-state index is 12.5. The molecule has 8 heteroatoms. The first-order chi connectivity index (χ1) is 7.99. The predicted octanol–water partition coefficient (Wildman–Crippen LogP) is 3.75. The number of carbonyl (C=O) groups is 1. The molecule has 0 saturated heterocycles. The standard InChI is InChI=1S/C10H9Br2F3N2O/c1-5-3-6(10(13,14)15)16-17(5)7(18)8(2)4-9(8,11)12/h3H,4H2,1-2H3/t8-/m1/s1. The van der Waals surface area contributed by atoms with Crippen LogP contribution in [0.5, 0.6) is 0 Å². The van der Waals surface area contributed by atoms with Crippen LogP contribution in [0, 0.1) is 12.3 Å². The van der Waals surface area contributed by atoms with Crippen LogP contribution in [0.25, 0.3) is 0 Å². The van der Waals surface area contributed by atoms with E-state index in [0.717, 1.165) is 10.7 Å². The third kappa shape index (κ3) is 2.03. The molecule has 1 heterocycles. The van der Waals surface area contributed by atoms with Gasteiger partial charge in [0, 0.05) is 5.69 Å². The van der Waals surface area contributed by atoms with E-state index in [1.807, 2.05) is 0 Å². The Kier molecular flexibility index (Phi) is 2.98. The zero-order valence-electron chi connectivity index (χ0n) is 9.48. The van der Waals surface area contributed by atoms with Gasteiger partial charge in [0.05, 0.1) is 8.65 Å². The Hall–Kier alpha value is -0.370. The lowest BCUT2D eigenvalue weighted by molar-refractivity contribution is -0.141. The molecule has 1 aromatic heterocycles. The number of aryl methyl sites for hydroxylation is 1. The van der Waals surface area contributed by atoms with Gasteiger partial charge in [-0.2, -0.15) is 18.3 Å². The Bertz CT molecular complexity index is 524. The van der Waals surface area contributed by atoms with Gasteiger partial charge in [0.25, 0.3) is 5.91 Å². The van der Waals surface area contributed by atoms with Crippen LogP contribution in [-0.4, -0.2) is 18.9 Å². The SMILES string of the molecule is Cc1cc(C(F)(F)F)nn1C(=O)[C@@]1(C)CC1(Br)Br. The van der Waals surface area contributed by atoms with Crippen molar-refractivity contribution in [1.82, 2.24) is 9.78 Å². The van der Waals surface area contributed by atoms with E-state index >= 15 is 0 Å². The molecule has 3 nitrogen and oxygen atoms in total. The lowest BCUT2D eigenvalue weighted by atomic mass is 10.1. The van der Waals surface area contributed by atoms with E-state index in [1.54, 1.807) is 6.92 Å². The molecule has 0 bridgehead atoms. The molecule has 0 radical (unpaired) electrons. The summed E-state index contributed by atoms with van der Waals surface area (Å²) >= 11 is 6.62. The molecule has 1 aliphatic rings. The minimum absolute atomic E-state index is 0.177. The summed E-state index contributed by atoms with van der Waals surface area (Å²) in [6.07, 6.45) is -4.04. The van der Waals surface area contributed by atoms with Crippen molar-refractivity contribution in [2.75, 3.05) is 0 Å². The van der Waals surface area contributed by atoms with Crippen LogP contribution in [0.2, 0.25) is 0 Å². The summed E-state index contributed by atoms with van der Waals surface area (Å²) in [5, 5.41) is 3.35. The van der Waals surface area contributed by atoms with E-state index in [4.69, 9.17) is 0 Å². The summed E-state index contributed by atoms with van der Waals surface area (Å²) < 4.78 is 37.8. The van der Waals surface area contributed by atoms with Gasteiger partial charge in [0.15, 0.2) is 5.69 Å². The Balaban J connectivity index is 2.36. The molecule has 1 saturated carbocycles. The topological polar surface area (TPSA) is 34.9 Å². The van der Waals surface area contributed by atoms with Crippen LogP contribution in [0.4, 0.5) is 13.2 Å². The molecule has 18 heavy (non-hydrogen) atoms. The number of aromatic nitrogens is 2. The Morgan fingerprint density at radius 1 is 1.50 bits per heavy atom. The molecule has 0 aliphatic heterocycles. The fraction of sp³-hybridized carbons (Fsp3) is 0.600. The number of rotatable bonds is 1. The molecule has 100 valence electrons. The van der Waals surface area contributed by atoms with Crippen LogP contribution in [0.3, 0.4) is 0 Å². The van der Waals surface area contributed by atoms with Crippen molar-refractivity contribution in [2.45, 2.75) is 29.7 Å². The molecule has 1 fully saturated rings. The van der Waals surface area contributed by atoms with Crippen LogP contribution in [0.1, 0.15) is 29.5 Å². The number of nitrogens with zero attached hydrogens (tertiary/aromatic N) is 2. The molecule has 0 N–H and O–H groups in total. The van der Waals surface area contributed by atoms with E-state index in [2.05, 4.69) is 37.0 Å². The van der Waals surface area contributed by atoms with Crippen LogP contribution in [0.15, 0.2) is 6.07 Å². The van der Waals surface area contributed by atoms with Crippen molar-refractivity contribution in [3.8, 4) is 0 Å². The van der Waals surface area contributed by atoms with Gasteiger partial charge < -0.3 is 0 Å². The van der Waals surface area contributed by atoms with Gasteiger partial charge in [-0.3, -0.25) is 4.79 Å². The Morgan fingerprint density at radius 3 is 2.33 bits per heavy atom. The molecule has 0 aromatic carbocycles. The highest BCUT2D eigenvalue weighted by molar-refractivity contribution is 9.25. The summed E-state index contributed by atoms with van der Waals surface area (Å²) in [7, 11) is 0. The number of hydrogen-bond acceptors (Lipinski definition) is 2. The smallest absolute Gasteiger partial charge is 0.272 e. The molecule has 1 atom stereocenters. The second kappa shape index (κ2) is 3.82. The maximum atomic E-state index is 12.5. The molecule has 0 amide bonds. The average molecular weight is 390 g/mol. The van der Waals surface area contributed by atoms with Gasteiger partial charge >= 0.3 is 6.18 Å². The molecule has 1 aromatic rings. The van der Waals surface area contributed by atoms with Gasteiger partial charge in [-0.25, -0.2) is 4.68 Å². The third-order valence-corrected chi connectivity index (χ3v) is 5.41. The molecule has 2 rings (SSSR count). The van der Waals surface area contributed by atoms with E-state index < -0.39 is 26.4 Å². The maximum Gasteiger partial charge on any atom is 0.435 e. The first-order valence-electron chi connectivity index (χ1n) is 5.05. The number of hydrogen-bond donors (Lipinski definition) is 0. The Morgan fingerprint density at radius 2 is 2.00 bits per heavy atom. The highest BCUT2D eigenvalue weighted by Crippen LogP contribution is 2.66. The third-order valence-electron chi connectivity index (χ3n) is 3.10. The minimum Gasteiger partial charge on any atom is -0.272 e. The summed E-state index contributed by atoms with van der Waals surface area (Å²) in [5.41, 5.74) is -1.66. The highest BCUT2D eigenvalue weighted by atomic mass is 79.9. The second-order valence-corrected chi connectivity index (χ2v) is 8.37. The number of alkyl halides is 5. The van der Waals surface area contributed by atoms with Crippen LogP contribution in [-0.2, 0) is 6.18 Å². The van der Waals surface area contributed by atoms with Gasteiger partial charge in [-0.15, -0.1) is 0 Å². The van der Waals surface area contributed by atoms with Gasteiger partial charge in [0.1, 0.15) is 0 Å². The molecule has 1 aliphatic carbocycles. The van der Waals surface area contributed by atoms with Crippen molar-refractivity contribution in [1.29, 1.82) is 0 Å². The van der Waals surface area contributed by atoms with E-state index in [9.17, 15) is 18.0 Å². The van der Waals surface area contributed by atoms with Crippen molar-refractivity contribution < 1.29 is 18.0 Å². The quantitative estimate of drug-likeness (QED) is 0.685. The van der Waals surface area contributed by atoms with Gasteiger partial charge in [0.2, 0.25) is 0 Å². The summed E-state index contributed by atoms with van der Waals surface area (Å²) in [6, 6.07) is 0.869. The second-order valence-electron chi connectivity index (χ2n) is 4.60. The lowest BCUT2D eigenvalue weighted by Gasteiger charge is -2.12. The Labute approximate surface area is 118 Å². The molecule has 0 spiro atoms. The van der Waals surface area contributed by atoms with Crippen molar-refractivity contribution >= 4 is 37.8 Å². The first-order valence-corrected chi connectivity index (χ1v) is 6.64. The monoisotopic (exact) mass is 388 g/mol. The van der Waals surface area contributed by atoms with Gasteiger partial charge in [-0.1, -0.05) is 31.9 Å². The lowest BCUT2D eigenvalue weighted by Crippen LogP contribution is -2.27. The zero-order chi connectivity index (χ0) is 13.9.